The number of nitrogens with one attached hydrogen (secondary N) is 1. The fourth-order valence-electron chi connectivity index (χ4n) is 3.22. The maximum atomic E-state index is 12.3. The first-order chi connectivity index (χ1) is 14.2. The largest absolute Gasteiger partial charge is 0.483 e. The monoisotopic (exact) mass is 424 g/mol. The highest BCUT2D eigenvalue weighted by Crippen LogP contribution is 2.25. The molecule has 158 valence electrons. The number of carbonyl (C=O) groups excluding carboxylic acids is 1. The van der Waals surface area contributed by atoms with Crippen molar-refractivity contribution in [2.45, 2.75) is 45.9 Å². The lowest BCUT2D eigenvalue weighted by molar-refractivity contribution is -0.113. The molecule has 6 nitrogen and oxygen atoms in total. The molecule has 1 aromatic heterocycles. The molecule has 0 radical (unpaired) electrons. The first-order valence-corrected chi connectivity index (χ1v) is 10.9. The van der Waals surface area contributed by atoms with Crippen LogP contribution in [0.5, 0.6) is 5.75 Å². The van der Waals surface area contributed by atoms with Crippen LogP contribution in [-0.2, 0) is 11.8 Å². The van der Waals surface area contributed by atoms with Crippen molar-refractivity contribution in [3.05, 3.63) is 64.5 Å². The Bertz CT molecular complexity index is 1040. The fraction of sp³-hybridized carbons (Fsp3) is 0.348. The third-order valence-electron chi connectivity index (χ3n) is 4.86. The number of aromatic nitrogens is 3. The second-order valence-corrected chi connectivity index (χ2v) is 8.56. The van der Waals surface area contributed by atoms with Crippen LogP contribution < -0.4 is 10.1 Å². The van der Waals surface area contributed by atoms with E-state index in [0.717, 1.165) is 22.6 Å². The van der Waals surface area contributed by atoms with Crippen molar-refractivity contribution in [3.8, 4) is 5.75 Å². The van der Waals surface area contributed by atoms with Crippen LogP contribution in [0.4, 0.5) is 5.69 Å². The molecule has 3 rings (SSSR count). The van der Waals surface area contributed by atoms with Gasteiger partial charge in [-0.05, 0) is 81.1 Å². The molecule has 0 fully saturated rings. The van der Waals surface area contributed by atoms with Gasteiger partial charge in [0.15, 0.2) is 17.1 Å². The summed E-state index contributed by atoms with van der Waals surface area (Å²) in [5.41, 5.74) is 5.46. The van der Waals surface area contributed by atoms with E-state index >= 15 is 0 Å². The number of amides is 1. The van der Waals surface area contributed by atoms with E-state index in [-0.39, 0.29) is 17.8 Å². The molecule has 1 unspecified atom stereocenters. The van der Waals surface area contributed by atoms with Gasteiger partial charge < -0.3 is 14.6 Å². The Morgan fingerprint density at radius 2 is 1.77 bits per heavy atom. The predicted octanol–water partition coefficient (Wildman–Crippen LogP) is 4.92. The maximum absolute atomic E-state index is 12.3. The Hall–Kier alpha value is -2.80. The quantitative estimate of drug-likeness (QED) is 0.545. The van der Waals surface area contributed by atoms with Crippen LogP contribution in [0.2, 0.25) is 0 Å². The van der Waals surface area contributed by atoms with Gasteiger partial charge in [0.25, 0.3) is 0 Å². The number of nitrogens with zero attached hydrogens (tertiary/aromatic N) is 3. The molecule has 1 N–H and O–H groups in total. The first-order valence-electron chi connectivity index (χ1n) is 9.87. The SMILES string of the molecule is Cc1cc(C)cc(NC(=O)CSc2nnc(C(C)Oc3ccc(C)c(C)c3)n2C)c1. The molecule has 2 aromatic carbocycles. The van der Waals surface area contributed by atoms with Crippen LogP contribution in [0.25, 0.3) is 0 Å². The summed E-state index contributed by atoms with van der Waals surface area (Å²) in [4.78, 5) is 12.3. The van der Waals surface area contributed by atoms with Crippen molar-refractivity contribution < 1.29 is 9.53 Å². The van der Waals surface area contributed by atoms with Crippen LogP contribution in [-0.4, -0.2) is 26.4 Å². The highest BCUT2D eigenvalue weighted by atomic mass is 32.2. The molecule has 3 aromatic rings. The number of hydrogen-bond donors (Lipinski definition) is 1. The van der Waals surface area contributed by atoms with E-state index in [1.807, 2.05) is 62.7 Å². The highest BCUT2D eigenvalue weighted by molar-refractivity contribution is 7.99. The molecule has 1 atom stereocenters. The van der Waals surface area contributed by atoms with Crippen LogP contribution in [0.15, 0.2) is 41.6 Å². The van der Waals surface area contributed by atoms with Crippen molar-refractivity contribution in [3.63, 3.8) is 0 Å². The van der Waals surface area contributed by atoms with Crippen molar-refractivity contribution in [1.29, 1.82) is 0 Å². The van der Waals surface area contributed by atoms with Gasteiger partial charge in [0, 0.05) is 12.7 Å². The Balaban J connectivity index is 1.60. The molecule has 0 aliphatic heterocycles. The van der Waals surface area contributed by atoms with E-state index in [2.05, 4.69) is 35.4 Å². The molecule has 0 saturated carbocycles. The molecule has 7 heteroatoms. The normalized spacial score (nSPS) is 11.9. The first kappa shape index (κ1) is 21.9. The number of ether oxygens (including phenoxy) is 1. The third kappa shape index (κ3) is 5.42. The minimum absolute atomic E-state index is 0.0750. The second kappa shape index (κ2) is 9.34. The van der Waals surface area contributed by atoms with Gasteiger partial charge in [0.05, 0.1) is 5.75 Å². The standard InChI is InChI=1S/C23H28N4O2S/c1-14-9-15(2)11-19(10-14)24-21(28)13-30-23-26-25-22(27(23)6)18(5)29-20-8-7-16(3)17(4)12-20/h7-12,18H,13H2,1-6H3,(H,24,28). The van der Waals surface area contributed by atoms with Gasteiger partial charge in [-0.2, -0.15) is 0 Å². The van der Waals surface area contributed by atoms with E-state index in [1.54, 1.807) is 0 Å². The second-order valence-electron chi connectivity index (χ2n) is 7.62. The number of benzene rings is 2. The topological polar surface area (TPSA) is 69.0 Å². The van der Waals surface area contributed by atoms with Crippen LogP contribution in [0, 0.1) is 27.7 Å². The molecule has 0 bridgehead atoms. The Labute approximate surface area is 182 Å². The number of anilines is 1. The van der Waals surface area contributed by atoms with Gasteiger partial charge >= 0.3 is 0 Å². The van der Waals surface area contributed by atoms with E-state index in [9.17, 15) is 4.79 Å². The average molecular weight is 425 g/mol. The molecule has 0 aliphatic rings. The Kier molecular flexibility index (Phi) is 6.82. The summed E-state index contributed by atoms with van der Waals surface area (Å²) >= 11 is 1.35. The van der Waals surface area contributed by atoms with Crippen molar-refractivity contribution in [2.75, 3.05) is 11.1 Å². The lowest BCUT2D eigenvalue weighted by Gasteiger charge is -2.15. The van der Waals surface area contributed by atoms with E-state index in [0.29, 0.717) is 11.0 Å². The van der Waals surface area contributed by atoms with Crippen LogP contribution in [0.1, 0.15) is 41.1 Å². The van der Waals surface area contributed by atoms with Gasteiger partial charge in [0.2, 0.25) is 5.91 Å². The number of hydrogen-bond acceptors (Lipinski definition) is 5. The van der Waals surface area contributed by atoms with Gasteiger partial charge in [-0.1, -0.05) is 23.9 Å². The van der Waals surface area contributed by atoms with Crippen LogP contribution >= 0.6 is 11.8 Å². The van der Waals surface area contributed by atoms with Gasteiger partial charge in [-0.3, -0.25) is 4.79 Å². The number of thioether (sulfide) groups is 1. The number of carbonyl (C=O) groups is 1. The minimum atomic E-state index is -0.261. The number of aryl methyl sites for hydroxylation is 4. The molecule has 1 amide bonds. The number of rotatable bonds is 7. The maximum Gasteiger partial charge on any atom is 0.234 e. The van der Waals surface area contributed by atoms with Crippen molar-refractivity contribution in [2.24, 2.45) is 7.05 Å². The predicted molar refractivity (Wildman–Crippen MR) is 121 cm³/mol. The Morgan fingerprint density at radius 3 is 2.43 bits per heavy atom. The van der Waals surface area contributed by atoms with E-state index in [1.165, 1.54) is 22.9 Å². The van der Waals surface area contributed by atoms with E-state index in [4.69, 9.17) is 4.74 Å². The van der Waals surface area contributed by atoms with Crippen LogP contribution in [0.3, 0.4) is 0 Å². The summed E-state index contributed by atoms with van der Waals surface area (Å²) in [6.07, 6.45) is -0.261. The molecule has 1 heterocycles. The summed E-state index contributed by atoms with van der Waals surface area (Å²) in [5, 5.41) is 12.1. The molecule has 30 heavy (non-hydrogen) atoms. The van der Waals surface area contributed by atoms with Crippen molar-refractivity contribution >= 4 is 23.4 Å². The summed E-state index contributed by atoms with van der Waals surface area (Å²) in [5.74, 6) is 1.70. The third-order valence-corrected chi connectivity index (χ3v) is 5.88. The summed E-state index contributed by atoms with van der Waals surface area (Å²) in [6, 6.07) is 12.0. The van der Waals surface area contributed by atoms with Gasteiger partial charge in [-0.15, -0.1) is 10.2 Å². The summed E-state index contributed by atoms with van der Waals surface area (Å²) < 4.78 is 7.92. The van der Waals surface area contributed by atoms with Gasteiger partial charge in [0.1, 0.15) is 5.75 Å². The summed E-state index contributed by atoms with van der Waals surface area (Å²) in [6.45, 7) is 10.1. The minimum Gasteiger partial charge on any atom is -0.483 e. The zero-order valence-corrected chi connectivity index (χ0v) is 19.1. The summed E-state index contributed by atoms with van der Waals surface area (Å²) in [7, 11) is 1.89. The van der Waals surface area contributed by atoms with Crippen molar-refractivity contribution in [1.82, 2.24) is 14.8 Å². The zero-order valence-electron chi connectivity index (χ0n) is 18.3. The van der Waals surface area contributed by atoms with Gasteiger partial charge in [-0.25, -0.2) is 0 Å². The Morgan fingerprint density at radius 1 is 1.07 bits per heavy atom. The van der Waals surface area contributed by atoms with E-state index < -0.39 is 0 Å². The lowest BCUT2D eigenvalue weighted by Crippen LogP contribution is -2.15. The molecule has 0 saturated heterocycles. The zero-order chi connectivity index (χ0) is 21.8. The fourth-order valence-corrected chi connectivity index (χ4v) is 3.94. The molecular weight excluding hydrogens is 396 g/mol. The average Bonchev–Trinajstić information content (AvgIpc) is 3.03. The molecular formula is C23H28N4O2S. The highest BCUT2D eigenvalue weighted by Gasteiger charge is 2.18. The molecule has 0 spiro atoms. The smallest absolute Gasteiger partial charge is 0.234 e. The molecule has 0 aliphatic carbocycles. The lowest BCUT2D eigenvalue weighted by atomic mass is 10.1.